The highest BCUT2D eigenvalue weighted by Gasteiger charge is 2.16. The van der Waals surface area contributed by atoms with Crippen LogP contribution in [0.5, 0.6) is 0 Å². The van der Waals surface area contributed by atoms with Gasteiger partial charge in [0, 0.05) is 19.5 Å². The molecule has 0 aliphatic heterocycles. The molecule has 0 rings (SSSR count). The lowest BCUT2D eigenvalue weighted by atomic mass is 10.1. The summed E-state index contributed by atoms with van der Waals surface area (Å²) in [5.41, 5.74) is 0. The molecule has 2 amide bonds. The molecule has 0 aliphatic carbocycles. The van der Waals surface area contributed by atoms with Gasteiger partial charge in [0.1, 0.15) is 0 Å². The van der Waals surface area contributed by atoms with Crippen molar-refractivity contribution < 1.29 is 9.59 Å². The number of thiol groups is 1. The molecule has 0 spiro atoms. The second-order valence-corrected chi connectivity index (χ2v) is 4.64. The second kappa shape index (κ2) is 8.44. The van der Waals surface area contributed by atoms with E-state index in [1.807, 2.05) is 20.8 Å². The summed E-state index contributed by atoms with van der Waals surface area (Å²) in [4.78, 5) is 22.7. The van der Waals surface area contributed by atoms with Crippen molar-refractivity contribution in [3.05, 3.63) is 0 Å². The van der Waals surface area contributed by atoms with Crippen molar-refractivity contribution in [3.8, 4) is 0 Å². The first-order chi connectivity index (χ1) is 7.49. The Hall–Kier alpha value is -0.710. The van der Waals surface area contributed by atoms with E-state index in [4.69, 9.17) is 0 Å². The molecule has 0 radical (unpaired) electrons. The van der Waals surface area contributed by atoms with Crippen LogP contribution in [0.4, 0.5) is 0 Å². The molecule has 4 nitrogen and oxygen atoms in total. The molecule has 2 N–H and O–H groups in total. The zero-order valence-electron chi connectivity index (χ0n) is 10.2. The summed E-state index contributed by atoms with van der Waals surface area (Å²) in [6, 6.07) is 0. The Bertz CT molecular complexity index is 232. The van der Waals surface area contributed by atoms with E-state index in [2.05, 4.69) is 23.3 Å². The molecule has 0 aromatic rings. The minimum Gasteiger partial charge on any atom is -0.356 e. The third-order valence-corrected chi connectivity index (χ3v) is 2.95. The largest absolute Gasteiger partial charge is 0.356 e. The first-order valence-electron chi connectivity index (χ1n) is 5.71. The average Bonchev–Trinajstić information content (AvgIpc) is 2.24. The lowest BCUT2D eigenvalue weighted by Crippen LogP contribution is -2.37. The van der Waals surface area contributed by atoms with Crippen molar-refractivity contribution in [1.29, 1.82) is 0 Å². The van der Waals surface area contributed by atoms with Crippen LogP contribution in [0.1, 0.15) is 33.6 Å². The summed E-state index contributed by atoms with van der Waals surface area (Å²) in [7, 11) is 0. The number of carbonyl (C=O) groups excluding carboxylic acids is 2. The monoisotopic (exact) mass is 246 g/mol. The highest BCUT2D eigenvalue weighted by Crippen LogP contribution is 2.08. The lowest BCUT2D eigenvalue weighted by molar-refractivity contribution is -0.122. The van der Waals surface area contributed by atoms with Gasteiger partial charge in [0.2, 0.25) is 11.8 Å². The van der Waals surface area contributed by atoms with E-state index in [1.54, 1.807) is 0 Å². The van der Waals surface area contributed by atoms with E-state index in [-0.39, 0.29) is 23.0 Å². The van der Waals surface area contributed by atoms with E-state index in [0.29, 0.717) is 19.5 Å². The predicted molar refractivity (Wildman–Crippen MR) is 68.5 cm³/mol. The third kappa shape index (κ3) is 6.71. The van der Waals surface area contributed by atoms with Gasteiger partial charge in [0.25, 0.3) is 0 Å². The van der Waals surface area contributed by atoms with Crippen molar-refractivity contribution in [2.45, 2.75) is 38.9 Å². The Balaban J connectivity index is 3.65. The fourth-order valence-corrected chi connectivity index (χ4v) is 1.15. The molecular formula is C11H22N2O2S. The topological polar surface area (TPSA) is 58.2 Å². The van der Waals surface area contributed by atoms with Crippen molar-refractivity contribution >= 4 is 24.4 Å². The van der Waals surface area contributed by atoms with Crippen molar-refractivity contribution in [1.82, 2.24) is 10.6 Å². The Morgan fingerprint density at radius 3 is 2.31 bits per heavy atom. The van der Waals surface area contributed by atoms with Gasteiger partial charge in [-0.3, -0.25) is 9.59 Å². The molecule has 0 aromatic carbocycles. The summed E-state index contributed by atoms with van der Waals surface area (Å²) in [5.74, 6) is 0.0567. The molecular weight excluding hydrogens is 224 g/mol. The summed E-state index contributed by atoms with van der Waals surface area (Å²) in [6.45, 7) is 6.93. The van der Waals surface area contributed by atoms with E-state index in [9.17, 15) is 9.59 Å². The number of carbonyl (C=O) groups is 2. The maximum absolute atomic E-state index is 11.5. The summed E-state index contributed by atoms with van der Waals surface area (Å²) in [6.07, 6.45) is 1.24. The van der Waals surface area contributed by atoms with Gasteiger partial charge in [-0.1, -0.05) is 20.8 Å². The maximum Gasteiger partial charge on any atom is 0.233 e. The minimum absolute atomic E-state index is 0.0255. The van der Waals surface area contributed by atoms with Crippen LogP contribution in [0.3, 0.4) is 0 Å². The molecule has 1 unspecified atom stereocenters. The molecule has 0 heterocycles. The molecule has 0 saturated carbocycles. The Morgan fingerprint density at radius 2 is 1.81 bits per heavy atom. The van der Waals surface area contributed by atoms with Crippen molar-refractivity contribution in [2.24, 2.45) is 5.92 Å². The van der Waals surface area contributed by atoms with Crippen molar-refractivity contribution in [3.63, 3.8) is 0 Å². The van der Waals surface area contributed by atoms with Gasteiger partial charge in [-0.15, -0.1) is 0 Å². The molecule has 5 heteroatoms. The van der Waals surface area contributed by atoms with Gasteiger partial charge in [-0.05, 0) is 12.3 Å². The molecule has 1 atom stereocenters. The van der Waals surface area contributed by atoms with Gasteiger partial charge in [-0.25, -0.2) is 0 Å². The molecule has 0 fully saturated rings. The molecule has 94 valence electrons. The summed E-state index contributed by atoms with van der Waals surface area (Å²) in [5, 5.41) is 5.14. The molecule has 0 aliphatic rings. The van der Waals surface area contributed by atoms with E-state index in [0.717, 1.165) is 6.42 Å². The Kier molecular flexibility index (Phi) is 8.07. The Labute approximate surface area is 103 Å². The van der Waals surface area contributed by atoms with Crippen molar-refractivity contribution in [2.75, 3.05) is 13.1 Å². The van der Waals surface area contributed by atoms with E-state index < -0.39 is 0 Å². The fraction of sp³-hybridized carbons (Fsp3) is 0.818. The van der Waals surface area contributed by atoms with Crippen LogP contribution in [0.2, 0.25) is 0 Å². The van der Waals surface area contributed by atoms with E-state index in [1.165, 1.54) is 0 Å². The average molecular weight is 246 g/mol. The number of nitrogens with one attached hydrogen (secondary N) is 2. The fourth-order valence-electron chi connectivity index (χ4n) is 1.06. The number of amides is 2. The van der Waals surface area contributed by atoms with Crippen LogP contribution < -0.4 is 10.6 Å². The van der Waals surface area contributed by atoms with Gasteiger partial charge >= 0.3 is 0 Å². The van der Waals surface area contributed by atoms with Crippen LogP contribution >= 0.6 is 12.6 Å². The van der Waals surface area contributed by atoms with Gasteiger partial charge in [0.05, 0.1) is 5.25 Å². The molecule has 0 aromatic heterocycles. The lowest BCUT2D eigenvalue weighted by Gasteiger charge is -2.14. The molecule has 16 heavy (non-hydrogen) atoms. The van der Waals surface area contributed by atoms with Gasteiger partial charge in [0.15, 0.2) is 0 Å². The Morgan fingerprint density at radius 1 is 1.19 bits per heavy atom. The maximum atomic E-state index is 11.5. The minimum atomic E-state index is -0.307. The van der Waals surface area contributed by atoms with Gasteiger partial charge in [-0.2, -0.15) is 12.6 Å². The zero-order chi connectivity index (χ0) is 12.6. The second-order valence-electron chi connectivity index (χ2n) is 4.08. The molecule has 0 bridgehead atoms. The van der Waals surface area contributed by atoms with Crippen LogP contribution in [0.15, 0.2) is 0 Å². The smallest absolute Gasteiger partial charge is 0.233 e. The van der Waals surface area contributed by atoms with Gasteiger partial charge < -0.3 is 10.6 Å². The number of hydrogen-bond acceptors (Lipinski definition) is 3. The summed E-state index contributed by atoms with van der Waals surface area (Å²) < 4.78 is 0. The number of hydrogen-bond donors (Lipinski definition) is 3. The van der Waals surface area contributed by atoms with Crippen LogP contribution in [-0.4, -0.2) is 30.2 Å². The quantitative estimate of drug-likeness (QED) is 0.586. The highest BCUT2D eigenvalue weighted by molar-refractivity contribution is 7.81. The van der Waals surface area contributed by atoms with Crippen LogP contribution in [0.25, 0.3) is 0 Å². The zero-order valence-corrected chi connectivity index (χ0v) is 11.1. The molecule has 0 saturated heterocycles. The van der Waals surface area contributed by atoms with Crippen LogP contribution in [-0.2, 0) is 9.59 Å². The normalized spacial score (nSPS) is 12.3. The first kappa shape index (κ1) is 15.3. The number of rotatable bonds is 7. The van der Waals surface area contributed by atoms with Crippen LogP contribution in [0, 0.1) is 5.92 Å². The SMILES string of the molecule is CCCNC(=O)CCNC(=O)C(S)C(C)C. The standard InChI is InChI=1S/C11H22N2O2S/c1-4-6-12-9(14)5-7-13-11(15)10(16)8(2)3/h8,10,16H,4-7H2,1-3H3,(H,12,14)(H,13,15). The third-order valence-electron chi connectivity index (χ3n) is 2.12. The van der Waals surface area contributed by atoms with E-state index >= 15 is 0 Å². The summed E-state index contributed by atoms with van der Waals surface area (Å²) >= 11 is 4.19. The predicted octanol–water partition coefficient (Wildman–Crippen LogP) is 0.973. The first-order valence-corrected chi connectivity index (χ1v) is 6.23. The highest BCUT2D eigenvalue weighted by atomic mass is 32.1.